The van der Waals surface area contributed by atoms with Gasteiger partial charge in [-0.25, -0.2) is 22.0 Å². The predicted octanol–water partition coefficient (Wildman–Crippen LogP) is 6.62. The second kappa shape index (κ2) is 8.55. The second-order valence-electron chi connectivity index (χ2n) is 7.71. The molecule has 0 N–H and O–H groups in total. The smallest absolute Gasteiger partial charge is 0.162 e. The monoisotopic (exact) mass is 426 g/mol. The molecule has 0 heterocycles. The quantitative estimate of drug-likeness (QED) is 0.319. The van der Waals surface area contributed by atoms with Gasteiger partial charge in [-0.15, -0.1) is 0 Å². The fourth-order valence-electron chi connectivity index (χ4n) is 4.05. The highest BCUT2D eigenvalue weighted by Gasteiger charge is 2.25. The number of benzene rings is 3. The molecule has 1 aliphatic rings. The van der Waals surface area contributed by atoms with Gasteiger partial charge in [-0.05, 0) is 84.2 Å². The average Bonchev–Trinajstić information content (AvgIpc) is 2.76. The first-order valence-corrected chi connectivity index (χ1v) is 10.1. The Hall–Kier alpha value is -3.13. The lowest BCUT2D eigenvalue weighted by Gasteiger charge is -2.26. The van der Waals surface area contributed by atoms with Crippen LogP contribution in [0.1, 0.15) is 52.6 Å². The van der Waals surface area contributed by atoms with Gasteiger partial charge in [0.25, 0.3) is 0 Å². The minimum Gasteiger partial charge on any atom is -0.206 e. The summed E-state index contributed by atoms with van der Waals surface area (Å²) in [5.41, 5.74) is 2.70. The molecule has 0 radical (unpaired) electrons. The standard InChI is InChI=1S/C26H19F5/c1-2-16-8-9-21(26(31)25(16)30)18-7-6-17-12-19(23(28)14-20(17)13-18)5-3-15-4-10-22(27)24(29)11-15/h4,8-12,14,18H,2,6-7,13H2,1H3. The Morgan fingerprint density at radius 3 is 2.35 bits per heavy atom. The molecule has 0 saturated heterocycles. The summed E-state index contributed by atoms with van der Waals surface area (Å²) in [5, 5.41) is 0. The molecule has 5 heteroatoms. The molecule has 0 spiro atoms. The Labute approximate surface area is 177 Å². The third kappa shape index (κ3) is 4.20. The van der Waals surface area contributed by atoms with Crippen molar-refractivity contribution in [3.8, 4) is 11.8 Å². The fourth-order valence-corrected chi connectivity index (χ4v) is 4.05. The molecule has 0 aromatic heterocycles. The first-order valence-electron chi connectivity index (χ1n) is 10.1. The lowest BCUT2D eigenvalue weighted by atomic mass is 9.79. The zero-order valence-corrected chi connectivity index (χ0v) is 16.8. The SMILES string of the molecule is CCc1ccc(C2CCc3cc(C#Cc4ccc(F)c(F)c4)c(F)cc3C2)c(F)c1F. The van der Waals surface area contributed by atoms with Crippen molar-refractivity contribution in [3.05, 3.63) is 105 Å². The van der Waals surface area contributed by atoms with Crippen LogP contribution in [0, 0.1) is 40.9 Å². The van der Waals surface area contributed by atoms with Crippen molar-refractivity contribution in [1.29, 1.82) is 0 Å². The van der Waals surface area contributed by atoms with Crippen LogP contribution in [0.25, 0.3) is 0 Å². The van der Waals surface area contributed by atoms with Gasteiger partial charge >= 0.3 is 0 Å². The van der Waals surface area contributed by atoms with Gasteiger partial charge in [-0.2, -0.15) is 0 Å². The maximum Gasteiger partial charge on any atom is 0.162 e. The maximum atomic E-state index is 14.6. The van der Waals surface area contributed by atoms with Crippen LogP contribution in [0.4, 0.5) is 22.0 Å². The molecular formula is C26H19F5. The summed E-state index contributed by atoms with van der Waals surface area (Å²) >= 11 is 0. The number of aryl methyl sites for hydroxylation is 2. The highest BCUT2D eigenvalue weighted by atomic mass is 19.2. The van der Waals surface area contributed by atoms with Crippen LogP contribution in [0.15, 0.2) is 42.5 Å². The average molecular weight is 426 g/mol. The molecule has 0 aliphatic heterocycles. The molecule has 0 nitrogen and oxygen atoms in total. The molecule has 3 aromatic carbocycles. The molecule has 3 aromatic rings. The van der Waals surface area contributed by atoms with Crippen LogP contribution in [-0.4, -0.2) is 0 Å². The van der Waals surface area contributed by atoms with E-state index in [0.29, 0.717) is 36.8 Å². The first-order chi connectivity index (χ1) is 14.9. The van der Waals surface area contributed by atoms with Crippen LogP contribution in [0.2, 0.25) is 0 Å². The highest BCUT2D eigenvalue weighted by Crippen LogP contribution is 2.36. The lowest BCUT2D eigenvalue weighted by Crippen LogP contribution is -2.16. The molecule has 31 heavy (non-hydrogen) atoms. The Morgan fingerprint density at radius 1 is 0.806 bits per heavy atom. The van der Waals surface area contributed by atoms with E-state index in [1.807, 2.05) is 0 Å². The van der Waals surface area contributed by atoms with Gasteiger partial charge in [0.2, 0.25) is 0 Å². The summed E-state index contributed by atoms with van der Waals surface area (Å²) in [6, 6.07) is 9.52. The number of halogens is 5. The van der Waals surface area contributed by atoms with Gasteiger partial charge in [0.05, 0.1) is 5.56 Å². The molecule has 1 unspecified atom stereocenters. The van der Waals surface area contributed by atoms with E-state index in [9.17, 15) is 22.0 Å². The molecule has 0 amide bonds. The van der Waals surface area contributed by atoms with Crippen LogP contribution >= 0.6 is 0 Å². The van der Waals surface area contributed by atoms with Gasteiger partial charge in [-0.1, -0.05) is 30.9 Å². The molecule has 0 saturated carbocycles. The van der Waals surface area contributed by atoms with Crippen molar-refractivity contribution in [2.75, 3.05) is 0 Å². The topological polar surface area (TPSA) is 0 Å². The fraction of sp³-hybridized carbons (Fsp3) is 0.231. The summed E-state index contributed by atoms with van der Waals surface area (Å²) in [6.07, 6.45) is 2.01. The summed E-state index contributed by atoms with van der Waals surface area (Å²) in [4.78, 5) is 0. The van der Waals surface area contributed by atoms with E-state index >= 15 is 0 Å². The van der Waals surface area contributed by atoms with E-state index in [4.69, 9.17) is 0 Å². The summed E-state index contributed by atoms with van der Waals surface area (Å²) in [6.45, 7) is 1.77. The van der Waals surface area contributed by atoms with Crippen LogP contribution in [0.5, 0.6) is 0 Å². The third-order valence-electron chi connectivity index (χ3n) is 5.79. The Balaban J connectivity index is 1.60. The van der Waals surface area contributed by atoms with E-state index in [-0.39, 0.29) is 17.0 Å². The number of fused-ring (bicyclic) bond motifs is 1. The van der Waals surface area contributed by atoms with Gasteiger partial charge in [0.15, 0.2) is 23.3 Å². The van der Waals surface area contributed by atoms with Crippen LogP contribution < -0.4 is 0 Å². The molecule has 0 bridgehead atoms. The molecule has 0 fully saturated rings. The van der Waals surface area contributed by atoms with Crippen LogP contribution in [-0.2, 0) is 19.3 Å². The molecule has 158 valence electrons. The molecular weight excluding hydrogens is 407 g/mol. The minimum atomic E-state index is -1.01. The maximum absolute atomic E-state index is 14.6. The number of hydrogen-bond acceptors (Lipinski definition) is 0. The van der Waals surface area contributed by atoms with E-state index in [0.717, 1.165) is 23.3 Å². The zero-order chi connectivity index (χ0) is 22.1. The lowest BCUT2D eigenvalue weighted by molar-refractivity contribution is 0.468. The van der Waals surface area contributed by atoms with Crippen LogP contribution in [0.3, 0.4) is 0 Å². The van der Waals surface area contributed by atoms with Crippen molar-refractivity contribution in [3.63, 3.8) is 0 Å². The summed E-state index contributed by atoms with van der Waals surface area (Å²) in [5.74, 6) is 0.944. The second-order valence-corrected chi connectivity index (χ2v) is 7.71. The molecule has 1 atom stereocenters. The normalized spacial score (nSPS) is 15.2. The van der Waals surface area contributed by atoms with E-state index in [2.05, 4.69) is 11.8 Å². The highest BCUT2D eigenvalue weighted by molar-refractivity contribution is 5.48. The van der Waals surface area contributed by atoms with Crippen molar-refractivity contribution >= 4 is 0 Å². The van der Waals surface area contributed by atoms with Crippen molar-refractivity contribution in [1.82, 2.24) is 0 Å². The predicted molar refractivity (Wildman–Crippen MR) is 109 cm³/mol. The first kappa shape index (κ1) is 21.1. The third-order valence-corrected chi connectivity index (χ3v) is 5.79. The Bertz CT molecular complexity index is 1220. The molecule has 4 rings (SSSR count). The largest absolute Gasteiger partial charge is 0.206 e. The van der Waals surface area contributed by atoms with Gasteiger partial charge in [-0.3, -0.25) is 0 Å². The van der Waals surface area contributed by atoms with Crippen molar-refractivity contribution < 1.29 is 22.0 Å². The van der Waals surface area contributed by atoms with Gasteiger partial charge in [0, 0.05) is 5.56 Å². The van der Waals surface area contributed by atoms with Crippen molar-refractivity contribution in [2.24, 2.45) is 0 Å². The van der Waals surface area contributed by atoms with Gasteiger partial charge in [0.1, 0.15) is 5.82 Å². The Morgan fingerprint density at radius 2 is 1.61 bits per heavy atom. The minimum absolute atomic E-state index is 0.159. The molecule has 1 aliphatic carbocycles. The van der Waals surface area contributed by atoms with Crippen molar-refractivity contribution in [2.45, 2.75) is 38.5 Å². The summed E-state index contributed by atoms with van der Waals surface area (Å²) < 4.78 is 69.7. The number of rotatable bonds is 2. The Kier molecular flexibility index (Phi) is 5.82. The summed E-state index contributed by atoms with van der Waals surface area (Å²) in [7, 11) is 0. The zero-order valence-electron chi connectivity index (χ0n) is 16.8. The van der Waals surface area contributed by atoms with E-state index < -0.39 is 29.1 Å². The van der Waals surface area contributed by atoms with E-state index in [1.165, 1.54) is 12.1 Å². The number of hydrogen-bond donors (Lipinski definition) is 0. The van der Waals surface area contributed by atoms with E-state index in [1.54, 1.807) is 25.1 Å². The van der Waals surface area contributed by atoms with Gasteiger partial charge < -0.3 is 0 Å².